The largest absolute Gasteiger partial charge is 0.496 e. The van der Waals surface area contributed by atoms with E-state index in [4.69, 9.17) is 19.9 Å². The maximum Gasteiger partial charge on any atom is 0.411 e. The van der Waals surface area contributed by atoms with E-state index in [-0.39, 0.29) is 19.6 Å². The fourth-order valence-electron chi connectivity index (χ4n) is 3.39. The van der Waals surface area contributed by atoms with Crippen molar-refractivity contribution in [2.75, 3.05) is 13.7 Å². The molecule has 0 aromatic heterocycles. The number of rotatable bonds is 10. The minimum absolute atomic E-state index is 0.0354. The average Bonchev–Trinajstić information content (AvgIpc) is 2.78. The summed E-state index contributed by atoms with van der Waals surface area (Å²) in [4.78, 5) is 40.8. The number of esters is 1. The van der Waals surface area contributed by atoms with E-state index in [9.17, 15) is 14.4 Å². The SMILES string of the molecule is CCOC(=O)[C@H](C(=O)[C@@H](N)Cc1ccccc1OC)N(Cc1ccccc1)C(=O)OC(C)(C)C. The molecule has 2 N–H and O–H groups in total. The van der Waals surface area contributed by atoms with E-state index in [1.807, 2.05) is 6.07 Å². The Morgan fingerprint density at radius 1 is 1.00 bits per heavy atom. The molecule has 0 unspecified atom stereocenters. The third-order valence-electron chi connectivity index (χ3n) is 4.91. The molecule has 0 aliphatic carbocycles. The Morgan fingerprint density at radius 2 is 1.62 bits per heavy atom. The van der Waals surface area contributed by atoms with Gasteiger partial charge >= 0.3 is 12.1 Å². The Bertz CT molecular complexity index is 971. The highest BCUT2D eigenvalue weighted by Crippen LogP contribution is 2.21. The first-order valence-corrected chi connectivity index (χ1v) is 11.2. The van der Waals surface area contributed by atoms with Crippen molar-refractivity contribution in [3.8, 4) is 5.75 Å². The number of para-hydroxylation sites is 1. The molecule has 2 atom stereocenters. The van der Waals surface area contributed by atoms with Gasteiger partial charge in [-0.2, -0.15) is 0 Å². The Kier molecular flexibility index (Phi) is 9.62. The summed E-state index contributed by atoms with van der Waals surface area (Å²) < 4.78 is 16.1. The van der Waals surface area contributed by atoms with Crippen LogP contribution in [0.25, 0.3) is 0 Å². The van der Waals surface area contributed by atoms with Crippen LogP contribution in [0.15, 0.2) is 54.6 Å². The highest BCUT2D eigenvalue weighted by molar-refractivity contribution is 6.07. The predicted octanol–water partition coefficient (Wildman–Crippen LogP) is 3.50. The Hall–Kier alpha value is -3.39. The molecule has 8 heteroatoms. The van der Waals surface area contributed by atoms with Gasteiger partial charge in [0, 0.05) is 0 Å². The van der Waals surface area contributed by atoms with Crippen LogP contribution in [0.2, 0.25) is 0 Å². The van der Waals surface area contributed by atoms with Crippen molar-refractivity contribution in [2.24, 2.45) is 5.73 Å². The van der Waals surface area contributed by atoms with E-state index in [0.717, 1.165) is 4.90 Å². The number of benzene rings is 2. The first-order chi connectivity index (χ1) is 16.1. The van der Waals surface area contributed by atoms with Gasteiger partial charge in [0.25, 0.3) is 0 Å². The minimum atomic E-state index is -1.57. The van der Waals surface area contributed by atoms with Gasteiger partial charge in [0.15, 0.2) is 11.8 Å². The third kappa shape index (κ3) is 7.59. The molecule has 184 valence electrons. The van der Waals surface area contributed by atoms with Gasteiger partial charge in [-0.25, -0.2) is 9.59 Å². The molecule has 0 aliphatic rings. The zero-order valence-corrected chi connectivity index (χ0v) is 20.4. The monoisotopic (exact) mass is 470 g/mol. The van der Waals surface area contributed by atoms with Crippen molar-refractivity contribution >= 4 is 17.8 Å². The van der Waals surface area contributed by atoms with E-state index in [2.05, 4.69) is 0 Å². The van der Waals surface area contributed by atoms with E-state index in [1.165, 1.54) is 7.11 Å². The third-order valence-corrected chi connectivity index (χ3v) is 4.91. The number of methoxy groups -OCH3 is 1. The van der Waals surface area contributed by atoms with Crippen LogP contribution in [0.4, 0.5) is 4.79 Å². The van der Waals surface area contributed by atoms with E-state index < -0.39 is 35.5 Å². The summed E-state index contributed by atoms with van der Waals surface area (Å²) in [5.41, 5.74) is 6.86. The lowest BCUT2D eigenvalue weighted by Gasteiger charge is -2.32. The maximum absolute atomic E-state index is 13.5. The fourth-order valence-corrected chi connectivity index (χ4v) is 3.39. The lowest BCUT2D eigenvalue weighted by molar-refractivity contribution is -0.153. The van der Waals surface area contributed by atoms with Crippen LogP contribution < -0.4 is 10.5 Å². The second-order valence-electron chi connectivity index (χ2n) is 8.77. The number of carbonyl (C=O) groups is 3. The lowest BCUT2D eigenvalue weighted by atomic mass is 9.97. The standard InChI is InChI=1S/C26H34N2O6/c1-6-33-24(30)22(23(29)20(27)16-19-14-10-11-15-21(19)32-5)28(25(31)34-26(2,3)4)17-18-12-8-7-9-13-18/h7-15,20,22H,6,16-17,27H2,1-5H3/t20-,22-/m0/s1. The van der Waals surface area contributed by atoms with Crippen molar-refractivity contribution in [1.82, 2.24) is 4.90 Å². The topological polar surface area (TPSA) is 108 Å². The number of hydrogen-bond acceptors (Lipinski definition) is 7. The van der Waals surface area contributed by atoms with Crippen LogP contribution >= 0.6 is 0 Å². The van der Waals surface area contributed by atoms with Gasteiger partial charge < -0.3 is 19.9 Å². The minimum Gasteiger partial charge on any atom is -0.496 e. The van der Waals surface area contributed by atoms with Gasteiger partial charge in [-0.3, -0.25) is 9.69 Å². The number of nitrogens with two attached hydrogens (primary N) is 1. The summed E-state index contributed by atoms with van der Waals surface area (Å²) in [6.07, 6.45) is -0.695. The van der Waals surface area contributed by atoms with Gasteiger partial charge in [-0.15, -0.1) is 0 Å². The molecule has 0 saturated carbocycles. The predicted molar refractivity (Wildman–Crippen MR) is 128 cm³/mol. The number of ether oxygens (including phenoxy) is 3. The maximum atomic E-state index is 13.5. The molecule has 0 spiro atoms. The van der Waals surface area contributed by atoms with Crippen LogP contribution in [0, 0.1) is 0 Å². The first-order valence-electron chi connectivity index (χ1n) is 11.2. The molecular formula is C26H34N2O6. The molecule has 0 saturated heterocycles. The average molecular weight is 471 g/mol. The smallest absolute Gasteiger partial charge is 0.411 e. The van der Waals surface area contributed by atoms with Crippen LogP contribution in [0.1, 0.15) is 38.8 Å². The highest BCUT2D eigenvalue weighted by atomic mass is 16.6. The molecule has 0 aliphatic heterocycles. The first kappa shape index (κ1) is 26.9. The van der Waals surface area contributed by atoms with Crippen molar-refractivity contribution in [1.29, 1.82) is 0 Å². The van der Waals surface area contributed by atoms with Crippen LogP contribution in [0.5, 0.6) is 5.75 Å². The molecule has 34 heavy (non-hydrogen) atoms. The summed E-state index contributed by atoms with van der Waals surface area (Å²) in [6, 6.07) is 13.5. The molecular weight excluding hydrogens is 436 g/mol. The van der Waals surface area contributed by atoms with Crippen molar-refractivity contribution in [2.45, 2.75) is 58.3 Å². The Morgan fingerprint density at radius 3 is 2.21 bits per heavy atom. The molecule has 2 aromatic carbocycles. The second-order valence-corrected chi connectivity index (χ2v) is 8.77. The molecule has 2 aromatic rings. The molecule has 0 heterocycles. The van der Waals surface area contributed by atoms with E-state index in [1.54, 1.807) is 76.2 Å². The molecule has 0 fully saturated rings. The van der Waals surface area contributed by atoms with E-state index >= 15 is 0 Å². The van der Waals surface area contributed by atoms with Crippen molar-refractivity contribution < 1.29 is 28.6 Å². The summed E-state index contributed by atoms with van der Waals surface area (Å²) in [5, 5.41) is 0. The second kappa shape index (κ2) is 12.2. The molecule has 0 bridgehead atoms. The molecule has 1 amide bonds. The van der Waals surface area contributed by atoms with Crippen molar-refractivity contribution in [3.63, 3.8) is 0 Å². The zero-order valence-electron chi connectivity index (χ0n) is 20.4. The number of nitrogens with zero attached hydrogens (tertiary/aromatic N) is 1. The van der Waals surface area contributed by atoms with Gasteiger partial charge in [-0.05, 0) is 51.3 Å². The summed E-state index contributed by atoms with van der Waals surface area (Å²) in [5.74, 6) is -0.928. The Labute approximate surface area is 201 Å². The summed E-state index contributed by atoms with van der Waals surface area (Å²) in [7, 11) is 1.53. The number of hydrogen-bond donors (Lipinski definition) is 1. The van der Waals surface area contributed by atoms with E-state index in [0.29, 0.717) is 16.9 Å². The zero-order chi connectivity index (χ0) is 25.3. The van der Waals surface area contributed by atoms with Crippen molar-refractivity contribution in [3.05, 3.63) is 65.7 Å². The Balaban J connectivity index is 2.43. The van der Waals surface area contributed by atoms with Gasteiger partial charge in [0.2, 0.25) is 0 Å². The van der Waals surface area contributed by atoms with Crippen LogP contribution in [0.3, 0.4) is 0 Å². The fraction of sp³-hybridized carbons (Fsp3) is 0.423. The number of carbonyl (C=O) groups excluding carboxylic acids is 3. The molecule has 0 radical (unpaired) electrons. The molecule has 8 nitrogen and oxygen atoms in total. The number of ketones is 1. The highest BCUT2D eigenvalue weighted by Gasteiger charge is 2.41. The van der Waals surface area contributed by atoms with Gasteiger partial charge in [0.1, 0.15) is 11.4 Å². The van der Waals surface area contributed by atoms with Crippen LogP contribution in [-0.2, 0) is 32.0 Å². The summed E-state index contributed by atoms with van der Waals surface area (Å²) in [6.45, 7) is 6.76. The lowest BCUT2D eigenvalue weighted by Crippen LogP contribution is -2.56. The molecule has 2 rings (SSSR count). The quantitative estimate of drug-likeness (QED) is 0.418. The number of amides is 1. The number of Topliss-reactive ketones (excluding diaryl/α,β-unsaturated/α-hetero) is 1. The van der Waals surface area contributed by atoms with Crippen LogP contribution in [-0.4, -0.2) is 54.1 Å². The summed E-state index contributed by atoms with van der Waals surface area (Å²) >= 11 is 0. The van der Waals surface area contributed by atoms with Gasteiger partial charge in [-0.1, -0.05) is 48.5 Å². The normalized spacial score (nSPS) is 12.9. The van der Waals surface area contributed by atoms with Gasteiger partial charge in [0.05, 0.1) is 26.3 Å².